The predicted molar refractivity (Wildman–Crippen MR) is 140 cm³/mol. The van der Waals surface area contributed by atoms with Gasteiger partial charge in [-0.3, -0.25) is 4.79 Å². The number of ether oxygens (including phenoxy) is 1. The Morgan fingerprint density at radius 2 is 1.59 bits per heavy atom. The summed E-state index contributed by atoms with van der Waals surface area (Å²) in [5.41, 5.74) is 1.85. The Hall–Kier alpha value is -3.72. The summed E-state index contributed by atoms with van der Waals surface area (Å²) in [5.74, 6) is 0.455. The van der Waals surface area contributed by atoms with Crippen LogP contribution >= 0.6 is 11.8 Å². The summed E-state index contributed by atoms with van der Waals surface area (Å²) >= 11 is 1.32. The molecule has 0 radical (unpaired) electrons. The highest BCUT2D eigenvalue weighted by atomic mass is 32.2. The van der Waals surface area contributed by atoms with Gasteiger partial charge in [-0.2, -0.15) is 18.2 Å². The molecular formula is C28H24F3N3O2S. The van der Waals surface area contributed by atoms with Crippen molar-refractivity contribution in [2.75, 3.05) is 31.1 Å². The normalized spacial score (nSPS) is 17.3. The molecule has 3 aromatic rings. The van der Waals surface area contributed by atoms with Gasteiger partial charge in [0.25, 0.3) is 5.91 Å². The number of anilines is 1. The van der Waals surface area contributed by atoms with Gasteiger partial charge in [0.2, 0.25) is 0 Å². The number of thioether (sulfide) groups is 1. The molecule has 5 rings (SSSR count). The predicted octanol–water partition coefficient (Wildman–Crippen LogP) is 6.08. The number of hydrogen-bond acceptors (Lipinski definition) is 5. The molecule has 0 spiro atoms. The Morgan fingerprint density at radius 1 is 0.892 bits per heavy atom. The minimum atomic E-state index is -4.37. The number of amidine groups is 1. The first kappa shape index (κ1) is 25.0. The van der Waals surface area contributed by atoms with Crippen molar-refractivity contribution in [1.82, 2.24) is 4.90 Å². The van der Waals surface area contributed by atoms with Crippen molar-refractivity contribution in [3.05, 3.63) is 100 Å². The van der Waals surface area contributed by atoms with Gasteiger partial charge in [-0.05, 0) is 59.3 Å². The molecule has 2 aliphatic heterocycles. The van der Waals surface area contributed by atoms with Crippen LogP contribution < -0.4 is 9.64 Å². The van der Waals surface area contributed by atoms with E-state index >= 15 is 0 Å². The number of amides is 1. The molecule has 9 heteroatoms. The first-order valence-corrected chi connectivity index (χ1v) is 12.6. The smallest absolute Gasteiger partial charge is 0.416 e. The van der Waals surface area contributed by atoms with E-state index in [4.69, 9.17) is 4.74 Å². The highest BCUT2D eigenvalue weighted by Crippen LogP contribution is 2.33. The second-order valence-electron chi connectivity index (χ2n) is 8.68. The minimum absolute atomic E-state index is 0.287. The third-order valence-corrected chi connectivity index (χ3v) is 7.17. The zero-order chi connectivity index (χ0) is 25.8. The monoisotopic (exact) mass is 523 g/mol. The van der Waals surface area contributed by atoms with Gasteiger partial charge in [-0.25, -0.2) is 0 Å². The van der Waals surface area contributed by atoms with Crippen LogP contribution in [0.5, 0.6) is 5.75 Å². The van der Waals surface area contributed by atoms with Crippen molar-refractivity contribution >= 4 is 34.6 Å². The Bertz CT molecular complexity index is 1320. The number of piperazine rings is 1. The van der Waals surface area contributed by atoms with E-state index in [-0.39, 0.29) is 5.91 Å². The standard InChI is InChI=1S/C28H24F3N3O2S/c29-28(30,31)22-7-4-8-23(18-22)33-13-15-34(16-14-33)27-32-26(35)25(37-27)17-20-9-11-24(12-10-20)36-19-21-5-2-1-3-6-21/h1-12,17-18H,13-16,19H2. The number of halogens is 3. The van der Waals surface area contributed by atoms with Crippen molar-refractivity contribution in [1.29, 1.82) is 0 Å². The van der Waals surface area contributed by atoms with Crippen molar-refractivity contribution in [2.45, 2.75) is 12.8 Å². The number of nitrogens with zero attached hydrogens (tertiary/aromatic N) is 3. The highest BCUT2D eigenvalue weighted by molar-refractivity contribution is 8.18. The van der Waals surface area contributed by atoms with E-state index < -0.39 is 11.7 Å². The maximum atomic E-state index is 13.1. The Kier molecular flexibility index (Phi) is 7.23. The zero-order valence-electron chi connectivity index (χ0n) is 19.8. The molecule has 0 atom stereocenters. The number of benzene rings is 3. The zero-order valence-corrected chi connectivity index (χ0v) is 20.6. The summed E-state index contributed by atoms with van der Waals surface area (Å²) in [6.07, 6.45) is -2.56. The van der Waals surface area contributed by atoms with Gasteiger partial charge in [-0.1, -0.05) is 48.5 Å². The van der Waals surface area contributed by atoms with Crippen LogP contribution in [0.15, 0.2) is 88.8 Å². The fraction of sp³-hybridized carbons (Fsp3) is 0.214. The van der Waals surface area contributed by atoms with Gasteiger partial charge < -0.3 is 14.5 Å². The second kappa shape index (κ2) is 10.7. The summed E-state index contributed by atoms with van der Waals surface area (Å²) in [5, 5.41) is 0.628. The molecule has 0 bridgehead atoms. The van der Waals surface area contributed by atoms with Crippen LogP contribution in [-0.2, 0) is 17.6 Å². The molecule has 0 aromatic heterocycles. The largest absolute Gasteiger partial charge is 0.489 e. The quantitative estimate of drug-likeness (QED) is 0.380. The van der Waals surface area contributed by atoms with Gasteiger partial charge in [0.05, 0.1) is 10.5 Å². The van der Waals surface area contributed by atoms with Crippen molar-refractivity contribution in [3.8, 4) is 5.75 Å². The molecule has 2 heterocycles. The third kappa shape index (κ3) is 6.17. The molecule has 0 aliphatic carbocycles. The van der Waals surface area contributed by atoms with Crippen molar-refractivity contribution < 1.29 is 22.7 Å². The number of carbonyl (C=O) groups excluding carboxylic acids is 1. The van der Waals surface area contributed by atoms with Gasteiger partial charge in [0, 0.05) is 31.9 Å². The van der Waals surface area contributed by atoms with E-state index in [0.29, 0.717) is 48.5 Å². The van der Waals surface area contributed by atoms with E-state index in [0.717, 1.165) is 22.9 Å². The van der Waals surface area contributed by atoms with Gasteiger partial charge >= 0.3 is 6.18 Å². The van der Waals surface area contributed by atoms with Crippen LogP contribution in [0.3, 0.4) is 0 Å². The molecule has 0 N–H and O–H groups in total. The lowest BCUT2D eigenvalue weighted by Gasteiger charge is -2.36. The summed E-state index contributed by atoms with van der Waals surface area (Å²) in [6, 6.07) is 22.8. The highest BCUT2D eigenvalue weighted by Gasteiger charge is 2.32. The molecule has 0 saturated carbocycles. The van der Waals surface area contributed by atoms with E-state index in [1.807, 2.05) is 70.5 Å². The van der Waals surface area contributed by atoms with Crippen LogP contribution in [0.25, 0.3) is 6.08 Å². The molecule has 0 unspecified atom stereocenters. The van der Waals surface area contributed by atoms with E-state index in [2.05, 4.69) is 4.99 Å². The van der Waals surface area contributed by atoms with Crippen LogP contribution in [0.2, 0.25) is 0 Å². The van der Waals surface area contributed by atoms with Gasteiger partial charge in [-0.15, -0.1) is 0 Å². The number of alkyl halides is 3. The number of hydrogen-bond donors (Lipinski definition) is 0. The lowest BCUT2D eigenvalue weighted by molar-refractivity contribution is -0.137. The molecular weight excluding hydrogens is 499 g/mol. The number of aliphatic imine (C=N–C) groups is 1. The van der Waals surface area contributed by atoms with E-state index in [9.17, 15) is 18.0 Å². The molecule has 37 heavy (non-hydrogen) atoms. The minimum Gasteiger partial charge on any atom is -0.489 e. The van der Waals surface area contributed by atoms with Crippen LogP contribution in [0.1, 0.15) is 16.7 Å². The number of carbonyl (C=O) groups is 1. The van der Waals surface area contributed by atoms with E-state index in [1.165, 1.54) is 23.9 Å². The van der Waals surface area contributed by atoms with Gasteiger partial charge in [0.15, 0.2) is 5.17 Å². The van der Waals surface area contributed by atoms with Crippen LogP contribution in [-0.4, -0.2) is 42.2 Å². The fourth-order valence-corrected chi connectivity index (χ4v) is 5.09. The lowest BCUT2D eigenvalue weighted by atomic mass is 10.1. The Labute approximate surface area is 217 Å². The molecule has 1 fully saturated rings. The van der Waals surface area contributed by atoms with Crippen molar-refractivity contribution in [2.24, 2.45) is 4.99 Å². The molecule has 3 aromatic carbocycles. The molecule has 1 saturated heterocycles. The Balaban J connectivity index is 1.16. The van der Waals surface area contributed by atoms with Crippen molar-refractivity contribution in [3.63, 3.8) is 0 Å². The Morgan fingerprint density at radius 3 is 2.30 bits per heavy atom. The molecule has 2 aliphatic rings. The maximum absolute atomic E-state index is 13.1. The fourth-order valence-electron chi connectivity index (χ4n) is 4.12. The topological polar surface area (TPSA) is 45.1 Å². The SMILES string of the molecule is O=C1N=C(N2CCN(c3cccc(C(F)(F)F)c3)CC2)SC1=Cc1ccc(OCc2ccccc2)cc1. The first-order chi connectivity index (χ1) is 17.8. The van der Waals surface area contributed by atoms with Crippen LogP contribution in [0, 0.1) is 0 Å². The summed E-state index contributed by atoms with van der Waals surface area (Å²) < 4.78 is 45.0. The summed E-state index contributed by atoms with van der Waals surface area (Å²) in [7, 11) is 0. The maximum Gasteiger partial charge on any atom is 0.416 e. The first-order valence-electron chi connectivity index (χ1n) is 11.8. The summed E-state index contributed by atoms with van der Waals surface area (Å²) in [6.45, 7) is 2.69. The second-order valence-corrected chi connectivity index (χ2v) is 9.68. The van der Waals surface area contributed by atoms with Crippen LogP contribution in [0.4, 0.5) is 18.9 Å². The number of rotatable bonds is 5. The molecule has 5 nitrogen and oxygen atoms in total. The average Bonchev–Trinajstić information content (AvgIpc) is 3.28. The average molecular weight is 524 g/mol. The molecule has 1 amide bonds. The lowest BCUT2D eigenvalue weighted by Crippen LogP contribution is -2.47. The summed E-state index contributed by atoms with van der Waals surface area (Å²) in [4.78, 5) is 21.2. The molecule has 190 valence electrons. The third-order valence-electron chi connectivity index (χ3n) is 6.12. The van der Waals surface area contributed by atoms with E-state index in [1.54, 1.807) is 6.07 Å². The van der Waals surface area contributed by atoms with Gasteiger partial charge in [0.1, 0.15) is 12.4 Å².